The molecule has 2 heterocycles. The van der Waals surface area contributed by atoms with Gasteiger partial charge < -0.3 is 15.0 Å². The molecule has 2 aliphatic heterocycles. The molecule has 1 atom stereocenters. The van der Waals surface area contributed by atoms with Gasteiger partial charge in [0, 0.05) is 43.9 Å². The fourth-order valence-corrected chi connectivity index (χ4v) is 5.29. The maximum atomic E-state index is 12.7. The van der Waals surface area contributed by atoms with Crippen LogP contribution < -0.4 is 5.32 Å². The van der Waals surface area contributed by atoms with E-state index in [4.69, 9.17) is 4.74 Å². The van der Waals surface area contributed by atoms with Gasteiger partial charge in [-0.15, -0.1) is 0 Å². The van der Waals surface area contributed by atoms with Crippen LogP contribution in [0.25, 0.3) is 0 Å². The molecule has 3 aliphatic rings. The van der Waals surface area contributed by atoms with E-state index in [-0.39, 0.29) is 10.9 Å². The number of ether oxygens (including phenoxy) is 1. The number of anilines is 1. The van der Waals surface area contributed by atoms with Gasteiger partial charge in [0.2, 0.25) is 10.0 Å². The van der Waals surface area contributed by atoms with Crippen LogP contribution >= 0.6 is 0 Å². The van der Waals surface area contributed by atoms with Crippen molar-refractivity contribution >= 4 is 21.7 Å². The molecule has 8 heteroatoms. The van der Waals surface area contributed by atoms with Crippen LogP contribution in [0.3, 0.4) is 0 Å². The minimum absolute atomic E-state index is 0.112. The summed E-state index contributed by atoms with van der Waals surface area (Å²) in [5.74, 6) is 0.407. The largest absolute Gasteiger partial charge is 0.381 e. The van der Waals surface area contributed by atoms with Crippen LogP contribution in [0, 0.1) is 5.92 Å². The first-order valence-electron chi connectivity index (χ1n) is 9.79. The van der Waals surface area contributed by atoms with E-state index in [1.165, 1.54) is 4.31 Å². The normalized spacial score (nSPS) is 23.5. The van der Waals surface area contributed by atoms with Crippen molar-refractivity contribution in [3.8, 4) is 0 Å². The summed E-state index contributed by atoms with van der Waals surface area (Å²) in [5, 5.41) is 2.92. The molecule has 1 unspecified atom stereocenters. The minimum atomic E-state index is -3.42. The fourth-order valence-electron chi connectivity index (χ4n) is 3.77. The van der Waals surface area contributed by atoms with E-state index in [2.05, 4.69) is 5.32 Å². The number of sulfonamides is 1. The average Bonchev–Trinajstić information content (AvgIpc) is 3.13. The Kier molecular flexibility index (Phi) is 5.39. The average molecular weight is 394 g/mol. The molecule has 1 aromatic rings. The highest BCUT2D eigenvalue weighted by molar-refractivity contribution is 7.89. The molecular weight excluding hydrogens is 366 g/mol. The topological polar surface area (TPSA) is 79.0 Å². The van der Waals surface area contributed by atoms with Crippen molar-refractivity contribution in [1.82, 2.24) is 9.21 Å². The van der Waals surface area contributed by atoms with Gasteiger partial charge in [0.25, 0.3) is 0 Å². The summed E-state index contributed by atoms with van der Waals surface area (Å²) in [4.78, 5) is 14.9. The van der Waals surface area contributed by atoms with Gasteiger partial charge in [-0.2, -0.15) is 4.31 Å². The lowest BCUT2D eigenvalue weighted by molar-refractivity contribution is 0.167. The number of nitrogens with zero attached hydrogens (tertiary/aromatic N) is 2. The highest BCUT2D eigenvalue weighted by Crippen LogP contribution is 2.30. The van der Waals surface area contributed by atoms with Gasteiger partial charge in [0.05, 0.1) is 11.5 Å². The Morgan fingerprint density at radius 2 is 1.85 bits per heavy atom. The molecule has 27 heavy (non-hydrogen) atoms. The molecule has 2 saturated heterocycles. The summed E-state index contributed by atoms with van der Waals surface area (Å²) < 4.78 is 32.1. The maximum absolute atomic E-state index is 12.7. The molecule has 1 aromatic carbocycles. The van der Waals surface area contributed by atoms with E-state index in [0.29, 0.717) is 30.7 Å². The predicted octanol–water partition coefficient (Wildman–Crippen LogP) is 2.50. The Hall–Kier alpha value is -1.64. The molecule has 3 fully saturated rings. The Morgan fingerprint density at radius 3 is 2.44 bits per heavy atom. The minimum Gasteiger partial charge on any atom is -0.381 e. The maximum Gasteiger partial charge on any atom is 0.322 e. The lowest BCUT2D eigenvalue weighted by atomic mass is 10.1. The van der Waals surface area contributed by atoms with Crippen molar-refractivity contribution in [1.29, 1.82) is 0 Å². The van der Waals surface area contributed by atoms with Crippen molar-refractivity contribution in [3.05, 3.63) is 24.3 Å². The number of carbonyl (C=O) groups is 1. The van der Waals surface area contributed by atoms with Gasteiger partial charge in [-0.05, 0) is 56.4 Å². The molecule has 2 amide bonds. The second-order valence-corrected chi connectivity index (χ2v) is 9.62. The summed E-state index contributed by atoms with van der Waals surface area (Å²) in [5.41, 5.74) is 0.619. The van der Waals surface area contributed by atoms with Gasteiger partial charge in [0.1, 0.15) is 0 Å². The monoisotopic (exact) mass is 393 g/mol. The van der Waals surface area contributed by atoms with Gasteiger partial charge in [0.15, 0.2) is 0 Å². The summed E-state index contributed by atoms with van der Waals surface area (Å²) in [6, 6.07) is 6.71. The molecule has 1 N–H and O–H groups in total. The molecule has 0 aromatic heterocycles. The van der Waals surface area contributed by atoms with Crippen LogP contribution in [-0.4, -0.2) is 62.5 Å². The first-order valence-corrected chi connectivity index (χ1v) is 11.2. The second-order valence-electron chi connectivity index (χ2n) is 7.68. The van der Waals surface area contributed by atoms with E-state index in [0.717, 1.165) is 51.9 Å². The number of carbonyl (C=O) groups excluding carboxylic acids is 1. The van der Waals surface area contributed by atoms with E-state index >= 15 is 0 Å². The summed E-state index contributed by atoms with van der Waals surface area (Å²) in [6.45, 7) is 3.39. The number of rotatable bonds is 6. The van der Waals surface area contributed by atoms with Gasteiger partial charge in [-0.1, -0.05) is 0 Å². The summed E-state index contributed by atoms with van der Waals surface area (Å²) in [6.07, 6.45) is 4.92. The zero-order chi connectivity index (χ0) is 18.9. The Bertz CT molecular complexity index is 765. The Balaban J connectivity index is 1.40. The van der Waals surface area contributed by atoms with Crippen molar-refractivity contribution in [2.45, 2.75) is 43.0 Å². The van der Waals surface area contributed by atoms with Crippen molar-refractivity contribution in [2.75, 3.05) is 38.2 Å². The van der Waals surface area contributed by atoms with Gasteiger partial charge in [-0.25, -0.2) is 13.2 Å². The standard InChI is InChI=1S/C19H27N3O4S/c23-19(22(17-5-6-17)13-15-9-12-26-14-15)20-16-3-7-18(8-4-16)27(24,25)21-10-1-2-11-21/h3-4,7-8,15,17H,1-2,5-6,9-14H2,(H,20,23). The van der Waals surface area contributed by atoms with Gasteiger partial charge >= 0.3 is 6.03 Å². The molecule has 0 spiro atoms. The van der Waals surface area contributed by atoms with E-state index < -0.39 is 10.0 Å². The number of hydrogen-bond acceptors (Lipinski definition) is 4. The lowest BCUT2D eigenvalue weighted by Crippen LogP contribution is -2.40. The Labute approximate surface area is 160 Å². The fraction of sp³-hybridized carbons (Fsp3) is 0.632. The predicted molar refractivity (Wildman–Crippen MR) is 102 cm³/mol. The number of benzene rings is 1. The first-order chi connectivity index (χ1) is 13.0. The molecule has 148 valence electrons. The molecule has 0 bridgehead atoms. The van der Waals surface area contributed by atoms with Crippen LogP contribution in [0.15, 0.2) is 29.2 Å². The molecule has 4 rings (SSSR count). The first kappa shape index (κ1) is 18.7. The van der Waals surface area contributed by atoms with Crippen LogP contribution in [0.5, 0.6) is 0 Å². The van der Waals surface area contributed by atoms with Crippen molar-refractivity contribution < 1.29 is 17.9 Å². The highest BCUT2D eigenvalue weighted by atomic mass is 32.2. The number of amides is 2. The van der Waals surface area contributed by atoms with E-state index in [1.54, 1.807) is 24.3 Å². The van der Waals surface area contributed by atoms with Crippen LogP contribution in [0.1, 0.15) is 32.1 Å². The van der Waals surface area contributed by atoms with Crippen LogP contribution in [-0.2, 0) is 14.8 Å². The number of hydrogen-bond donors (Lipinski definition) is 1. The van der Waals surface area contributed by atoms with E-state index in [9.17, 15) is 13.2 Å². The highest BCUT2D eigenvalue weighted by Gasteiger charge is 2.35. The van der Waals surface area contributed by atoms with Crippen LogP contribution in [0.2, 0.25) is 0 Å². The van der Waals surface area contributed by atoms with E-state index in [1.807, 2.05) is 4.90 Å². The SMILES string of the molecule is O=C(Nc1ccc(S(=O)(=O)N2CCCC2)cc1)N(CC1CCOC1)C1CC1. The number of urea groups is 1. The number of nitrogens with one attached hydrogen (secondary N) is 1. The Morgan fingerprint density at radius 1 is 1.15 bits per heavy atom. The third kappa shape index (κ3) is 4.28. The molecule has 1 saturated carbocycles. The zero-order valence-electron chi connectivity index (χ0n) is 15.5. The molecule has 7 nitrogen and oxygen atoms in total. The smallest absolute Gasteiger partial charge is 0.322 e. The van der Waals surface area contributed by atoms with Crippen molar-refractivity contribution in [2.24, 2.45) is 5.92 Å². The summed E-state index contributed by atoms with van der Waals surface area (Å²) in [7, 11) is -3.42. The third-order valence-corrected chi connectivity index (χ3v) is 7.45. The zero-order valence-corrected chi connectivity index (χ0v) is 16.3. The molecular formula is C19H27N3O4S. The van der Waals surface area contributed by atoms with Crippen molar-refractivity contribution in [3.63, 3.8) is 0 Å². The van der Waals surface area contributed by atoms with Gasteiger partial charge in [-0.3, -0.25) is 0 Å². The quantitative estimate of drug-likeness (QED) is 0.805. The summed E-state index contributed by atoms with van der Waals surface area (Å²) >= 11 is 0. The lowest BCUT2D eigenvalue weighted by Gasteiger charge is -2.25. The van der Waals surface area contributed by atoms with Crippen LogP contribution in [0.4, 0.5) is 10.5 Å². The molecule has 1 aliphatic carbocycles. The second kappa shape index (κ2) is 7.77. The third-order valence-electron chi connectivity index (χ3n) is 5.54. The molecule has 0 radical (unpaired) electrons.